The van der Waals surface area contributed by atoms with E-state index in [0.717, 1.165) is 26.2 Å². The Balaban J connectivity index is 0. The van der Waals surface area contributed by atoms with Crippen LogP contribution in [-0.2, 0) is 0 Å². The predicted molar refractivity (Wildman–Crippen MR) is 64.7 cm³/mol. The van der Waals surface area contributed by atoms with Crippen molar-refractivity contribution in [2.75, 3.05) is 46.0 Å². The summed E-state index contributed by atoms with van der Waals surface area (Å²) in [5, 5.41) is 46.5. The van der Waals surface area contributed by atoms with E-state index in [2.05, 4.69) is 10.6 Å². The summed E-state index contributed by atoms with van der Waals surface area (Å²) in [6.45, 7) is 5.22. The van der Waals surface area contributed by atoms with E-state index in [9.17, 15) is 0 Å². The third kappa shape index (κ3) is 21.5. The molecule has 7 N–H and O–H groups in total. The first-order chi connectivity index (χ1) is 8.08. The number of aliphatic hydroxyl groups is 5. The molecule has 0 aliphatic carbocycles. The molecule has 0 radical (unpaired) electrons. The lowest BCUT2D eigenvalue weighted by Gasteiger charge is -2.11. The Hall–Kier alpha value is -0.280. The maximum absolute atomic E-state index is 8.17. The second kappa shape index (κ2) is 15.7. The topological polar surface area (TPSA) is 125 Å². The highest BCUT2D eigenvalue weighted by molar-refractivity contribution is 4.59. The summed E-state index contributed by atoms with van der Waals surface area (Å²) >= 11 is 0. The van der Waals surface area contributed by atoms with E-state index in [1.54, 1.807) is 0 Å². The molecule has 7 nitrogen and oxygen atoms in total. The van der Waals surface area contributed by atoms with E-state index in [4.69, 9.17) is 25.5 Å². The Labute approximate surface area is 102 Å². The van der Waals surface area contributed by atoms with E-state index >= 15 is 0 Å². The van der Waals surface area contributed by atoms with E-state index in [0.29, 0.717) is 0 Å². The molecule has 1 saturated heterocycles. The minimum Gasteiger partial charge on any atom is -0.394 e. The summed E-state index contributed by atoms with van der Waals surface area (Å²) in [6, 6.07) is 0. The molecule has 1 heterocycles. The fraction of sp³-hybridized carbons (Fsp3) is 1.00. The molecule has 0 aromatic rings. The van der Waals surface area contributed by atoms with Gasteiger partial charge in [0.2, 0.25) is 0 Å². The van der Waals surface area contributed by atoms with Gasteiger partial charge in [0.25, 0.3) is 0 Å². The van der Waals surface area contributed by atoms with Crippen LogP contribution in [0.5, 0.6) is 0 Å². The molecule has 1 atom stereocenters. The summed E-state index contributed by atoms with van der Waals surface area (Å²) in [5.74, 6) is 0. The van der Waals surface area contributed by atoms with Crippen LogP contribution in [0.2, 0.25) is 0 Å². The maximum atomic E-state index is 8.17. The van der Waals surface area contributed by atoms with Gasteiger partial charge in [0, 0.05) is 26.2 Å². The molecule has 0 amide bonds. The summed E-state index contributed by atoms with van der Waals surface area (Å²) in [6.07, 6.45) is -1.51. The van der Waals surface area contributed by atoms with Crippen LogP contribution in [0.1, 0.15) is 6.92 Å². The number of rotatable bonds is 3. The van der Waals surface area contributed by atoms with Crippen molar-refractivity contribution < 1.29 is 25.5 Å². The lowest BCUT2D eigenvalue weighted by atomic mass is 10.4. The zero-order valence-corrected chi connectivity index (χ0v) is 10.3. The normalized spacial score (nSPS) is 16.4. The zero-order valence-electron chi connectivity index (χ0n) is 10.3. The molecule has 0 saturated carbocycles. The monoisotopic (exact) mass is 254 g/mol. The number of piperazine rings is 1. The van der Waals surface area contributed by atoms with Crippen molar-refractivity contribution in [3.63, 3.8) is 0 Å². The highest BCUT2D eigenvalue weighted by atomic mass is 16.3. The Morgan fingerprint density at radius 1 is 0.824 bits per heavy atom. The average Bonchev–Trinajstić information content (AvgIpc) is 2.41. The van der Waals surface area contributed by atoms with Crippen molar-refractivity contribution in [3.8, 4) is 0 Å². The molecule has 1 rings (SSSR count). The van der Waals surface area contributed by atoms with Crippen LogP contribution in [0.25, 0.3) is 0 Å². The SMILES string of the molecule is C1CNCCN1.CC(O)CO.OCC(O)CO. The zero-order chi connectivity index (χ0) is 13.5. The maximum Gasteiger partial charge on any atom is 0.100 e. The van der Waals surface area contributed by atoms with E-state index in [1.807, 2.05) is 0 Å². The van der Waals surface area contributed by atoms with Gasteiger partial charge in [0.05, 0.1) is 25.9 Å². The van der Waals surface area contributed by atoms with Crippen LogP contribution in [0.4, 0.5) is 0 Å². The first kappa shape index (κ1) is 19.1. The highest BCUT2D eigenvalue weighted by Gasteiger charge is 1.93. The standard InChI is InChI=1S/C4H10N2.C3H8O3.C3H8O2/c1-2-6-4-3-5-1;4-1-3(6)2-5;1-3(5)2-4/h5-6H,1-4H2;3-6H,1-2H2;3-5H,2H2,1H3. The Bertz CT molecular complexity index is 118. The minimum absolute atomic E-state index is 0.139. The van der Waals surface area contributed by atoms with Gasteiger partial charge in [-0.25, -0.2) is 0 Å². The van der Waals surface area contributed by atoms with Gasteiger partial charge in [-0.1, -0.05) is 0 Å². The van der Waals surface area contributed by atoms with E-state index < -0.39 is 12.2 Å². The first-order valence-corrected chi connectivity index (χ1v) is 5.68. The van der Waals surface area contributed by atoms with E-state index in [-0.39, 0.29) is 19.8 Å². The summed E-state index contributed by atoms with van der Waals surface area (Å²) in [4.78, 5) is 0. The molecule has 1 unspecified atom stereocenters. The largest absolute Gasteiger partial charge is 0.394 e. The minimum atomic E-state index is -0.954. The smallest absolute Gasteiger partial charge is 0.100 e. The van der Waals surface area contributed by atoms with Crippen LogP contribution >= 0.6 is 0 Å². The summed E-state index contributed by atoms with van der Waals surface area (Å²) < 4.78 is 0. The van der Waals surface area contributed by atoms with Crippen LogP contribution in [0, 0.1) is 0 Å². The van der Waals surface area contributed by atoms with Crippen molar-refractivity contribution >= 4 is 0 Å². The van der Waals surface area contributed by atoms with Crippen molar-refractivity contribution in [3.05, 3.63) is 0 Å². The molecular weight excluding hydrogens is 228 g/mol. The van der Waals surface area contributed by atoms with Crippen LogP contribution in [0.15, 0.2) is 0 Å². The molecule has 1 aliphatic heterocycles. The molecular formula is C10H26N2O5. The van der Waals surface area contributed by atoms with Crippen LogP contribution < -0.4 is 10.6 Å². The van der Waals surface area contributed by atoms with Gasteiger partial charge in [-0.15, -0.1) is 0 Å². The third-order valence-electron chi connectivity index (χ3n) is 1.64. The van der Waals surface area contributed by atoms with Crippen molar-refractivity contribution in [2.45, 2.75) is 19.1 Å². The molecule has 106 valence electrons. The van der Waals surface area contributed by atoms with Crippen LogP contribution in [0.3, 0.4) is 0 Å². The number of hydrogen-bond acceptors (Lipinski definition) is 7. The Morgan fingerprint density at radius 3 is 1.18 bits per heavy atom. The molecule has 0 spiro atoms. The van der Waals surface area contributed by atoms with Gasteiger partial charge >= 0.3 is 0 Å². The first-order valence-electron chi connectivity index (χ1n) is 5.68. The van der Waals surface area contributed by atoms with Gasteiger partial charge in [-0.05, 0) is 6.92 Å². The molecule has 0 bridgehead atoms. The number of nitrogens with one attached hydrogen (secondary N) is 2. The van der Waals surface area contributed by atoms with Gasteiger partial charge in [0.15, 0.2) is 0 Å². The summed E-state index contributed by atoms with van der Waals surface area (Å²) in [7, 11) is 0. The Kier molecular flexibility index (Phi) is 17.6. The molecule has 0 aromatic heterocycles. The second-order valence-corrected chi connectivity index (χ2v) is 3.55. The van der Waals surface area contributed by atoms with Crippen molar-refractivity contribution in [1.29, 1.82) is 0 Å². The highest BCUT2D eigenvalue weighted by Crippen LogP contribution is 1.71. The fourth-order valence-corrected chi connectivity index (χ4v) is 0.661. The Morgan fingerprint density at radius 2 is 1.12 bits per heavy atom. The van der Waals surface area contributed by atoms with Gasteiger partial charge in [0.1, 0.15) is 6.10 Å². The summed E-state index contributed by atoms with van der Waals surface area (Å²) in [5.41, 5.74) is 0. The third-order valence-corrected chi connectivity index (χ3v) is 1.64. The fourth-order valence-electron chi connectivity index (χ4n) is 0.661. The van der Waals surface area contributed by atoms with Gasteiger partial charge < -0.3 is 36.2 Å². The number of hydrogen-bond donors (Lipinski definition) is 7. The van der Waals surface area contributed by atoms with Gasteiger partial charge in [-0.3, -0.25) is 0 Å². The van der Waals surface area contributed by atoms with Crippen LogP contribution in [-0.4, -0.2) is 83.7 Å². The second-order valence-electron chi connectivity index (χ2n) is 3.55. The molecule has 0 aromatic carbocycles. The lowest BCUT2D eigenvalue weighted by Crippen LogP contribution is -2.39. The van der Waals surface area contributed by atoms with E-state index in [1.165, 1.54) is 6.92 Å². The van der Waals surface area contributed by atoms with Crippen molar-refractivity contribution in [1.82, 2.24) is 10.6 Å². The predicted octanol–water partition coefficient (Wildman–Crippen LogP) is -3.13. The average molecular weight is 254 g/mol. The lowest BCUT2D eigenvalue weighted by molar-refractivity contribution is 0.0450. The molecule has 1 fully saturated rings. The van der Waals surface area contributed by atoms with Gasteiger partial charge in [-0.2, -0.15) is 0 Å². The number of aliphatic hydroxyl groups excluding tert-OH is 5. The molecule has 1 aliphatic rings. The molecule has 17 heavy (non-hydrogen) atoms. The quantitative estimate of drug-likeness (QED) is 0.284. The van der Waals surface area contributed by atoms with Crippen molar-refractivity contribution in [2.24, 2.45) is 0 Å². The molecule has 7 heteroatoms.